The molecule has 8 aliphatic rings. The highest BCUT2D eigenvalue weighted by Crippen LogP contribution is 2.76. The number of aliphatic hydroxyl groups excluding tert-OH is 10. The van der Waals surface area contributed by atoms with Crippen molar-refractivity contribution >= 4 is 11.9 Å². The molecule has 7 fully saturated rings. The zero-order valence-corrected chi connectivity index (χ0v) is 39.7. The van der Waals surface area contributed by atoms with Crippen molar-refractivity contribution in [2.45, 2.75) is 211 Å². The Labute approximate surface area is 391 Å². The van der Waals surface area contributed by atoms with Crippen molar-refractivity contribution in [1.29, 1.82) is 0 Å². The SMILES string of the molecule is CC1(C)CCC2(C(=O)O[C@@H]3O[C@H](CO)[C@@H](O)[C@H](O)[C@H]3O)CCC3(C)C(=CCC4C5(C)CCC(O[C@@H]6O[C@H](C(=O)O)[C@@H](O)[C@H](O)[C@H]6O[C@@H]6O[C@H](CO)[C@@H](O)[C@H](O)[C@H]6O)C(C)(C)C5CCC43C)C2C1. The molecule has 8 rings (SSSR count). The number of hydrogen-bond acceptors (Lipinski definition) is 18. The number of carboxylic acids is 1. The number of ether oxygens (including phenoxy) is 6. The quantitative estimate of drug-likeness (QED) is 0.0838. The molecule has 5 aliphatic carbocycles. The predicted octanol–water partition coefficient (Wildman–Crippen LogP) is 0.233. The Hall–Kier alpha value is -1.92. The van der Waals surface area contributed by atoms with E-state index in [0.29, 0.717) is 25.7 Å². The lowest BCUT2D eigenvalue weighted by atomic mass is 9.33. The zero-order valence-electron chi connectivity index (χ0n) is 39.7. The second-order valence-corrected chi connectivity index (χ2v) is 23.5. The molecule has 0 bridgehead atoms. The molecule has 11 N–H and O–H groups in total. The summed E-state index contributed by atoms with van der Waals surface area (Å²) in [7, 11) is 0. The van der Waals surface area contributed by atoms with Gasteiger partial charge in [0.15, 0.2) is 18.7 Å². The number of aliphatic carboxylic acids is 1. The van der Waals surface area contributed by atoms with Gasteiger partial charge in [0.2, 0.25) is 6.29 Å². The molecule has 23 atom stereocenters. The first-order chi connectivity index (χ1) is 31.2. The highest BCUT2D eigenvalue weighted by atomic mass is 16.8. The van der Waals surface area contributed by atoms with Gasteiger partial charge in [0, 0.05) is 0 Å². The van der Waals surface area contributed by atoms with Gasteiger partial charge in [-0.05, 0) is 109 Å². The number of esters is 1. The highest BCUT2D eigenvalue weighted by molar-refractivity contribution is 5.79. The minimum Gasteiger partial charge on any atom is -0.479 e. The number of hydrogen-bond donors (Lipinski definition) is 11. The smallest absolute Gasteiger partial charge is 0.335 e. The summed E-state index contributed by atoms with van der Waals surface area (Å²) in [6.07, 6.45) is -16.4. The van der Waals surface area contributed by atoms with Gasteiger partial charge in [-0.25, -0.2) is 4.79 Å². The lowest BCUT2D eigenvalue weighted by Gasteiger charge is -2.71. The molecule has 0 aromatic rings. The summed E-state index contributed by atoms with van der Waals surface area (Å²) in [5.41, 5.74) is -1.05. The van der Waals surface area contributed by atoms with Crippen LogP contribution in [0.3, 0.4) is 0 Å². The monoisotopic (exact) mass is 956 g/mol. The van der Waals surface area contributed by atoms with E-state index in [9.17, 15) is 65.8 Å². The van der Waals surface area contributed by atoms with E-state index < -0.39 is 134 Å². The fourth-order valence-corrected chi connectivity index (χ4v) is 15.0. The molecule has 4 saturated carbocycles. The van der Waals surface area contributed by atoms with E-state index in [2.05, 4.69) is 54.5 Å². The second kappa shape index (κ2) is 18.0. The average molecular weight is 957 g/mol. The van der Waals surface area contributed by atoms with Gasteiger partial charge in [0.1, 0.15) is 67.1 Å². The molecule has 0 radical (unpaired) electrons. The minimum absolute atomic E-state index is 0.0828. The van der Waals surface area contributed by atoms with Crippen LogP contribution in [0.2, 0.25) is 0 Å². The van der Waals surface area contributed by atoms with Crippen LogP contribution >= 0.6 is 0 Å². The number of rotatable bonds is 9. The minimum atomic E-state index is -1.98. The van der Waals surface area contributed by atoms with E-state index >= 15 is 0 Å². The highest BCUT2D eigenvalue weighted by Gasteiger charge is 2.70. The topological polar surface area (TPSA) is 312 Å². The Kier molecular flexibility index (Phi) is 13.8. The maximum Gasteiger partial charge on any atom is 0.335 e. The summed E-state index contributed by atoms with van der Waals surface area (Å²) in [6.45, 7) is 14.4. The van der Waals surface area contributed by atoms with E-state index in [1.54, 1.807) is 0 Å². The summed E-state index contributed by atoms with van der Waals surface area (Å²) in [4.78, 5) is 27.0. The third-order valence-corrected chi connectivity index (χ3v) is 19.3. The van der Waals surface area contributed by atoms with Gasteiger partial charge in [-0.2, -0.15) is 0 Å². The van der Waals surface area contributed by atoms with Crippen LogP contribution in [0.5, 0.6) is 0 Å². The first kappa shape index (κ1) is 51.4. The van der Waals surface area contributed by atoms with Crippen molar-refractivity contribution in [1.82, 2.24) is 0 Å². The predicted molar refractivity (Wildman–Crippen MR) is 231 cm³/mol. The molecule has 3 saturated heterocycles. The largest absolute Gasteiger partial charge is 0.479 e. The van der Waals surface area contributed by atoms with Crippen LogP contribution in [0.4, 0.5) is 0 Å². The maximum absolute atomic E-state index is 14.7. The van der Waals surface area contributed by atoms with E-state index in [1.165, 1.54) is 5.57 Å². The van der Waals surface area contributed by atoms with Crippen LogP contribution in [0.1, 0.15) is 113 Å². The lowest BCUT2D eigenvalue weighted by Crippen LogP contribution is -2.67. The van der Waals surface area contributed by atoms with E-state index in [1.807, 2.05) is 0 Å². The molecule has 8 unspecified atom stereocenters. The Morgan fingerprint density at radius 2 is 1.24 bits per heavy atom. The summed E-state index contributed by atoms with van der Waals surface area (Å²) >= 11 is 0. The Morgan fingerprint density at radius 1 is 0.642 bits per heavy atom. The van der Waals surface area contributed by atoms with Gasteiger partial charge in [-0.3, -0.25) is 4.79 Å². The molecule has 19 heteroatoms. The number of allylic oxidation sites excluding steroid dienone is 2. The normalized spacial score (nSPS) is 52.6. The Balaban J connectivity index is 1.05. The van der Waals surface area contributed by atoms with Gasteiger partial charge in [-0.1, -0.05) is 60.1 Å². The van der Waals surface area contributed by atoms with Gasteiger partial charge in [-0.15, -0.1) is 0 Å². The zero-order chi connectivity index (χ0) is 49.1. The first-order valence-electron chi connectivity index (χ1n) is 24.3. The van der Waals surface area contributed by atoms with Gasteiger partial charge >= 0.3 is 11.9 Å². The number of fused-ring (bicyclic) bond motifs is 7. The molecule has 0 amide bonds. The third-order valence-electron chi connectivity index (χ3n) is 19.3. The number of carbonyl (C=O) groups is 2. The molecule has 3 aliphatic heterocycles. The van der Waals surface area contributed by atoms with Crippen molar-refractivity contribution in [3.63, 3.8) is 0 Å². The standard InChI is InChI=1S/C48H76O19/c1-43(2)14-16-48(42(61)67-40-35(58)31(54)29(52)24(20-50)63-40)17-15-46(6)21(22(48)18-43)8-9-26-45(5)12-11-27(44(3,4)25(45)10-13-47(26,46)7)64-41-37(33(56)32(55)36(65-41)38(59)60)66-39-34(57)30(53)28(51)23(19-49)62-39/h8,22-37,39-41,49-58H,9-20H2,1-7H3,(H,59,60)/t22?,23-,24-,25?,26?,27?,28-,29-,30+,31+,32+,33+,34-,35-,36+,37-,39+,40+,41-,45?,46?,47?,48?/m1/s1. The van der Waals surface area contributed by atoms with Gasteiger partial charge in [0.05, 0.1) is 24.7 Å². The second-order valence-electron chi connectivity index (χ2n) is 23.5. The summed E-state index contributed by atoms with van der Waals surface area (Å²) in [6, 6.07) is 0. The van der Waals surface area contributed by atoms with Crippen molar-refractivity contribution in [2.24, 2.45) is 50.2 Å². The lowest BCUT2D eigenvalue weighted by molar-refractivity contribution is -0.374. The molecule has 382 valence electrons. The molecule has 0 aromatic heterocycles. The third kappa shape index (κ3) is 8.06. The number of carboxylic acid groups (broad SMARTS) is 1. The van der Waals surface area contributed by atoms with Crippen LogP contribution in [-0.4, -0.2) is 180 Å². The molecule has 19 nitrogen and oxygen atoms in total. The first-order valence-corrected chi connectivity index (χ1v) is 24.3. The van der Waals surface area contributed by atoms with Crippen LogP contribution < -0.4 is 0 Å². The van der Waals surface area contributed by atoms with E-state index in [-0.39, 0.29) is 39.4 Å². The van der Waals surface area contributed by atoms with Crippen LogP contribution in [0, 0.1) is 50.2 Å². The molecule has 0 spiro atoms. The molecule has 67 heavy (non-hydrogen) atoms. The summed E-state index contributed by atoms with van der Waals surface area (Å²) in [5, 5.41) is 115. The fourth-order valence-electron chi connectivity index (χ4n) is 15.0. The van der Waals surface area contributed by atoms with Gasteiger partial charge < -0.3 is 84.6 Å². The number of aliphatic hydroxyl groups is 10. The Morgan fingerprint density at radius 3 is 1.85 bits per heavy atom. The maximum atomic E-state index is 14.7. The van der Waals surface area contributed by atoms with Crippen LogP contribution in [-0.2, 0) is 38.0 Å². The summed E-state index contributed by atoms with van der Waals surface area (Å²) in [5.74, 6) is -1.94. The molecular formula is C48H76O19. The Bertz CT molecular complexity index is 1870. The van der Waals surface area contributed by atoms with Crippen molar-refractivity contribution in [2.75, 3.05) is 13.2 Å². The fraction of sp³-hybridized carbons (Fsp3) is 0.917. The molecule has 3 heterocycles. The average Bonchev–Trinajstić information content (AvgIpc) is 3.26. The summed E-state index contributed by atoms with van der Waals surface area (Å²) < 4.78 is 35.7. The molecule has 0 aromatic carbocycles. The van der Waals surface area contributed by atoms with Crippen LogP contribution in [0.15, 0.2) is 11.6 Å². The van der Waals surface area contributed by atoms with Crippen LogP contribution in [0.25, 0.3) is 0 Å². The molecular weight excluding hydrogens is 881 g/mol. The van der Waals surface area contributed by atoms with E-state index in [4.69, 9.17) is 28.4 Å². The number of carbonyl (C=O) groups excluding carboxylic acids is 1. The van der Waals surface area contributed by atoms with Gasteiger partial charge in [0.25, 0.3) is 0 Å². The van der Waals surface area contributed by atoms with Crippen molar-refractivity contribution in [3.05, 3.63) is 11.6 Å². The van der Waals surface area contributed by atoms with Crippen molar-refractivity contribution in [3.8, 4) is 0 Å². The van der Waals surface area contributed by atoms with E-state index in [0.717, 1.165) is 38.5 Å². The van der Waals surface area contributed by atoms with Crippen molar-refractivity contribution < 1.29 is 94.2 Å².